The Morgan fingerprint density at radius 1 is 1.03 bits per heavy atom. The van der Waals surface area contributed by atoms with E-state index in [0.717, 1.165) is 40.9 Å². The number of hydrogen-bond donors (Lipinski definition) is 3. The van der Waals surface area contributed by atoms with Crippen molar-refractivity contribution in [1.29, 1.82) is 0 Å². The summed E-state index contributed by atoms with van der Waals surface area (Å²) in [6.45, 7) is 2.32. The maximum Gasteiger partial charge on any atom is 0.270 e. The first-order valence-corrected chi connectivity index (χ1v) is 11.9. The molecule has 4 aromatic rings. The van der Waals surface area contributed by atoms with Gasteiger partial charge in [0, 0.05) is 18.2 Å². The minimum absolute atomic E-state index is 0.110. The smallest absolute Gasteiger partial charge is 0.270 e. The number of aromatic amines is 1. The molecule has 0 unspecified atom stereocenters. The number of benzene rings is 2. The lowest BCUT2D eigenvalue weighted by Gasteiger charge is -2.14. The molecule has 3 heterocycles. The molecule has 0 fully saturated rings. The van der Waals surface area contributed by atoms with Crippen molar-refractivity contribution in [2.75, 3.05) is 6.79 Å². The number of ether oxygens (including phenoxy) is 2. The maximum absolute atomic E-state index is 13.0. The van der Waals surface area contributed by atoms with Crippen LogP contribution in [0.2, 0.25) is 0 Å². The third-order valence-corrected chi connectivity index (χ3v) is 6.40. The summed E-state index contributed by atoms with van der Waals surface area (Å²) in [6.07, 6.45) is 2.82. The average molecular weight is 498 g/mol. The zero-order valence-electron chi connectivity index (χ0n) is 19.9. The fourth-order valence-corrected chi connectivity index (χ4v) is 4.54. The lowest BCUT2D eigenvalue weighted by Crippen LogP contribution is -2.29. The Labute approximate surface area is 211 Å². The first-order valence-electron chi connectivity index (χ1n) is 11.9. The van der Waals surface area contributed by atoms with E-state index in [2.05, 4.69) is 41.8 Å². The Bertz CT molecular complexity index is 1520. The molecule has 2 aromatic heterocycles. The first-order chi connectivity index (χ1) is 18.0. The Balaban J connectivity index is 1.10. The van der Waals surface area contributed by atoms with Gasteiger partial charge in [0.1, 0.15) is 23.5 Å². The van der Waals surface area contributed by atoms with Crippen molar-refractivity contribution in [1.82, 2.24) is 35.8 Å². The molecular weight excluding hydrogens is 474 g/mol. The summed E-state index contributed by atoms with van der Waals surface area (Å²) in [4.78, 5) is 38.2. The van der Waals surface area contributed by atoms with Gasteiger partial charge in [0.2, 0.25) is 6.79 Å². The molecule has 2 amide bonds. The fourth-order valence-electron chi connectivity index (χ4n) is 4.54. The topological polar surface area (TPSA) is 144 Å². The van der Waals surface area contributed by atoms with Crippen LogP contribution in [0.25, 0.3) is 11.4 Å². The number of fused-ring (bicyclic) bond motifs is 2. The first kappa shape index (κ1) is 22.7. The number of H-pyrrole nitrogens is 1. The molecule has 1 aliphatic carbocycles. The monoisotopic (exact) mass is 497 g/mol. The summed E-state index contributed by atoms with van der Waals surface area (Å²) in [6, 6.07) is 12.7. The van der Waals surface area contributed by atoms with Crippen LogP contribution in [-0.2, 0) is 13.0 Å². The summed E-state index contributed by atoms with van der Waals surface area (Å²) in [5.74, 6) is 1.96. The van der Waals surface area contributed by atoms with Crippen LogP contribution in [0.5, 0.6) is 11.5 Å². The molecular formula is C26H23N7O4. The number of rotatable bonds is 6. The van der Waals surface area contributed by atoms with E-state index in [0.29, 0.717) is 17.3 Å². The molecule has 0 spiro atoms. The number of carbonyl (C=O) groups is 2. The third-order valence-electron chi connectivity index (χ3n) is 6.40. The number of aryl methyl sites for hydroxylation is 2. The van der Waals surface area contributed by atoms with Gasteiger partial charge in [-0.25, -0.2) is 15.0 Å². The quantitative estimate of drug-likeness (QED) is 0.369. The number of nitrogens with zero attached hydrogens (tertiary/aromatic N) is 4. The fraction of sp³-hybridized carbons (Fsp3) is 0.231. The molecule has 6 rings (SSSR count). The molecule has 11 heteroatoms. The van der Waals surface area contributed by atoms with Crippen molar-refractivity contribution in [2.45, 2.75) is 32.4 Å². The van der Waals surface area contributed by atoms with Gasteiger partial charge in [-0.05, 0) is 54.7 Å². The Hall–Kier alpha value is -4.80. The zero-order valence-corrected chi connectivity index (χ0v) is 19.9. The van der Waals surface area contributed by atoms with E-state index in [4.69, 9.17) is 9.47 Å². The second-order valence-corrected chi connectivity index (χ2v) is 8.88. The van der Waals surface area contributed by atoms with Gasteiger partial charge in [0.15, 0.2) is 17.3 Å². The molecule has 11 nitrogen and oxygen atoms in total. The third kappa shape index (κ3) is 4.58. The highest BCUT2D eigenvalue weighted by atomic mass is 16.7. The molecule has 2 aliphatic rings. The summed E-state index contributed by atoms with van der Waals surface area (Å²) in [5.41, 5.74) is 4.23. The van der Waals surface area contributed by atoms with E-state index in [1.165, 1.54) is 12.4 Å². The molecule has 0 saturated heterocycles. The standard InChI is InChI=1S/C26H23N7O4/c1-14-30-24(33-32-14)17-3-5-18-16(9-17)4-6-19(18)31-26(35)21-10-20(28-12-29-21)25(34)27-11-15-2-7-22-23(8-15)37-13-36-22/h2-3,5,7-10,12,19H,4,6,11,13H2,1H3,(H,27,34)(H,31,35)(H,30,32,33)/t19-/m0/s1. The van der Waals surface area contributed by atoms with E-state index < -0.39 is 5.91 Å². The van der Waals surface area contributed by atoms with Crippen molar-refractivity contribution < 1.29 is 19.1 Å². The van der Waals surface area contributed by atoms with E-state index in [1.807, 2.05) is 31.2 Å². The average Bonchev–Trinajstić information content (AvgIpc) is 3.67. The van der Waals surface area contributed by atoms with Crippen LogP contribution in [0.1, 0.15) is 56.0 Å². The van der Waals surface area contributed by atoms with Gasteiger partial charge < -0.3 is 20.1 Å². The lowest BCUT2D eigenvalue weighted by atomic mass is 10.0. The van der Waals surface area contributed by atoms with Crippen molar-refractivity contribution >= 4 is 11.8 Å². The predicted octanol–water partition coefficient (Wildman–Crippen LogP) is 2.65. The second kappa shape index (κ2) is 9.34. The van der Waals surface area contributed by atoms with Gasteiger partial charge in [-0.1, -0.05) is 18.2 Å². The van der Waals surface area contributed by atoms with Crippen LogP contribution in [0.4, 0.5) is 0 Å². The molecule has 0 bridgehead atoms. The van der Waals surface area contributed by atoms with E-state index in [9.17, 15) is 9.59 Å². The molecule has 1 aliphatic heterocycles. The van der Waals surface area contributed by atoms with Crippen molar-refractivity contribution in [3.05, 3.63) is 82.7 Å². The van der Waals surface area contributed by atoms with Gasteiger partial charge in [-0.3, -0.25) is 14.7 Å². The minimum Gasteiger partial charge on any atom is -0.454 e. The molecule has 3 N–H and O–H groups in total. The number of carbonyl (C=O) groups excluding carboxylic acids is 2. The Kier molecular flexibility index (Phi) is 5.72. The largest absolute Gasteiger partial charge is 0.454 e. The molecule has 0 saturated carbocycles. The van der Waals surface area contributed by atoms with E-state index >= 15 is 0 Å². The van der Waals surface area contributed by atoms with Crippen molar-refractivity contribution in [2.24, 2.45) is 0 Å². The summed E-state index contributed by atoms with van der Waals surface area (Å²) < 4.78 is 10.7. The number of aromatic nitrogens is 5. The van der Waals surface area contributed by atoms with Gasteiger partial charge >= 0.3 is 0 Å². The molecule has 0 radical (unpaired) electrons. The van der Waals surface area contributed by atoms with Crippen LogP contribution in [0, 0.1) is 6.92 Å². The lowest BCUT2D eigenvalue weighted by molar-refractivity contribution is 0.0931. The highest BCUT2D eigenvalue weighted by molar-refractivity contribution is 5.97. The molecule has 186 valence electrons. The maximum atomic E-state index is 13.0. The molecule has 1 atom stereocenters. The number of hydrogen-bond acceptors (Lipinski definition) is 8. The Morgan fingerprint density at radius 3 is 2.70 bits per heavy atom. The normalized spacial score (nSPS) is 15.3. The van der Waals surface area contributed by atoms with Gasteiger partial charge in [-0.2, -0.15) is 5.10 Å². The highest BCUT2D eigenvalue weighted by Gasteiger charge is 2.26. The minimum atomic E-state index is -0.407. The summed E-state index contributed by atoms with van der Waals surface area (Å²) in [7, 11) is 0. The SMILES string of the molecule is Cc1nc(-c2ccc3c(c2)CC[C@@H]3NC(=O)c2cc(C(=O)NCc3ccc4c(c3)OCO4)ncn2)n[nH]1. The van der Waals surface area contributed by atoms with Crippen LogP contribution in [0.15, 0.2) is 48.8 Å². The molecule has 37 heavy (non-hydrogen) atoms. The molecule has 2 aromatic carbocycles. The summed E-state index contributed by atoms with van der Waals surface area (Å²) in [5, 5.41) is 12.9. The Morgan fingerprint density at radius 2 is 1.86 bits per heavy atom. The van der Waals surface area contributed by atoms with Gasteiger partial charge in [-0.15, -0.1) is 0 Å². The van der Waals surface area contributed by atoms with Crippen LogP contribution < -0.4 is 20.1 Å². The van der Waals surface area contributed by atoms with Crippen LogP contribution in [-0.4, -0.2) is 43.8 Å². The summed E-state index contributed by atoms with van der Waals surface area (Å²) >= 11 is 0. The van der Waals surface area contributed by atoms with Gasteiger partial charge in [0.25, 0.3) is 11.8 Å². The van der Waals surface area contributed by atoms with Crippen molar-refractivity contribution in [3.8, 4) is 22.9 Å². The van der Waals surface area contributed by atoms with E-state index in [-0.39, 0.29) is 36.7 Å². The highest BCUT2D eigenvalue weighted by Crippen LogP contribution is 2.34. The predicted molar refractivity (Wildman–Crippen MR) is 131 cm³/mol. The van der Waals surface area contributed by atoms with E-state index in [1.54, 1.807) is 6.07 Å². The number of nitrogens with one attached hydrogen (secondary N) is 3. The zero-order chi connectivity index (χ0) is 25.4. The van der Waals surface area contributed by atoms with Crippen LogP contribution in [0.3, 0.4) is 0 Å². The second-order valence-electron chi connectivity index (χ2n) is 8.88. The van der Waals surface area contributed by atoms with Gasteiger partial charge in [0.05, 0.1) is 6.04 Å². The van der Waals surface area contributed by atoms with Crippen molar-refractivity contribution in [3.63, 3.8) is 0 Å². The number of amides is 2. The van der Waals surface area contributed by atoms with Crippen LogP contribution >= 0.6 is 0 Å².